The molecule has 0 bridgehead atoms. The Hall–Kier alpha value is -2.67. The lowest BCUT2D eigenvalue weighted by Gasteiger charge is -2.22. The van der Waals surface area contributed by atoms with Gasteiger partial charge in [-0.1, -0.05) is 25.3 Å². The Labute approximate surface area is 168 Å². The Morgan fingerprint density at radius 2 is 1.71 bits per heavy atom. The van der Waals surface area contributed by atoms with Crippen LogP contribution in [0.3, 0.4) is 0 Å². The highest BCUT2D eigenvalue weighted by Gasteiger charge is 2.16. The number of anilines is 1. The average Bonchev–Trinajstić information content (AvgIpc) is 3.24. The van der Waals surface area contributed by atoms with Crippen molar-refractivity contribution in [3.8, 4) is 0 Å². The number of nitrogens with one attached hydrogen (secondary N) is 3. The lowest BCUT2D eigenvalue weighted by Crippen LogP contribution is -2.36. The summed E-state index contributed by atoms with van der Waals surface area (Å²) in [6.45, 7) is 0.268. The molecule has 0 radical (unpaired) electrons. The van der Waals surface area contributed by atoms with Gasteiger partial charge in [0.1, 0.15) is 0 Å². The number of carbonyl (C=O) groups excluding carboxylic acids is 3. The van der Waals surface area contributed by atoms with Gasteiger partial charge in [-0.3, -0.25) is 14.4 Å². The maximum Gasteiger partial charge on any atom is 0.261 e. The zero-order chi connectivity index (χ0) is 19.8. The third-order valence-corrected chi connectivity index (χ3v) is 5.62. The summed E-state index contributed by atoms with van der Waals surface area (Å²) in [7, 11) is 0. The van der Waals surface area contributed by atoms with Crippen LogP contribution in [0.1, 0.15) is 58.6 Å². The number of hydrogen-bond donors (Lipinski definition) is 3. The molecule has 0 saturated heterocycles. The molecule has 0 atom stereocenters. The number of benzene rings is 1. The van der Waals surface area contributed by atoms with Crippen molar-refractivity contribution in [2.75, 3.05) is 11.9 Å². The largest absolute Gasteiger partial charge is 0.351 e. The van der Waals surface area contributed by atoms with E-state index in [1.165, 1.54) is 30.6 Å². The molecule has 3 rings (SSSR count). The Bertz CT molecular complexity index is 797. The molecule has 3 N–H and O–H groups in total. The molecule has 148 valence electrons. The van der Waals surface area contributed by atoms with E-state index >= 15 is 0 Å². The molecular weight excluding hydrogens is 374 g/mol. The van der Waals surface area contributed by atoms with Gasteiger partial charge in [0.25, 0.3) is 11.8 Å². The quantitative estimate of drug-likeness (QED) is 0.665. The smallest absolute Gasteiger partial charge is 0.261 e. The zero-order valence-corrected chi connectivity index (χ0v) is 16.5. The van der Waals surface area contributed by atoms with Crippen molar-refractivity contribution in [2.24, 2.45) is 0 Å². The molecule has 1 aliphatic rings. The van der Waals surface area contributed by atoms with Crippen LogP contribution in [0.25, 0.3) is 0 Å². The molecule has 1 saturated carbocycles. The molecule has 3 amide bonds. The Kier molecular flexibility index (Phi) is 7.19. The second-order valence-electron chi connectivity index (χ2n) is 6.92. The van der Waals surface area contributed by atoms with Crippen LogP contribution in [-0.2, 0) is 4.79 Å². The van der Waals surface area contributed by atoms with Gasteiger partial charge in [-0.15, -0.1) is 11.3 Å². The minimum absolute atomic E-state index is 0.0685. The minimum atomic E-state index is -0.189. The van der Waals surface area contributed by atoms with Crippen molar-refractivity contribution in [3.05, 3.63) is 52.2 Å². The van der Waals surface area contributed by atoms with Gasteiger partial charge in [-0.05, 0) is 48.6 Å². The highest BCUT2D eigenvalue weighted by Crippen LogP contribution is 2.18. The maximum absolute atomic E-state index is 12.3. The number of hydrogen-bond acceptors (Lipinski definition) is 4. The first kappa shape index (κ1) is 20.1. The first-order valence-corrected chi connectivity index (χ1v) is 10.5. The Morgan fingerprint density at radius 1 is 0.964 bits per heavy atom. The van der Waals surface area contributed by atoms with E-state index in [2.05, 4.69) is 16.0 Å². The van der Waals surface area contributed by atoms with Gasteiger partial charge >= 0.3 is 0 Å². The van der Waals surface area contributed by atoms with Crippen LogP contribution < -0.4 is 16.0 Å². The number of rotatable bonds is 7. The second kappa shape index (κ2) is 10.0. The highest BCUT2D eigenvalue weighted by molar-refractivity contribution is 7.12. The van der Waals surface area contributed by atoms with Crippen molar-refractivity contribution in [1.29, 1.82) is 0 Å². The summed E-state index contributed by atoms with van der Waals surface area (Å²) in [6.07, 6.45) is 5.86. The third-order valence-electron chi connectivity index (χ3n) is 4.75. The first-order chi connectivity index (χ1) is 13.6. The lowest BCUT2D eigenvalue weighted by atomic mass is 9.95. The molecule has 7 heteroatoms. The highest BCUT2D eigenvalue weighted by atomic mass is 32.1. The predicted molar refractivity (Wildman–Crippen MR) is 111 cm³/mol. The number of carbonyl (C=O) groups is 3. The van der Waals surface area contributed by atoms with Crippen molar-refractivity contribution < 1.29 is 14.4 Å². The molecule has 0 unspecified atom stereocenters. The van der Waals surface area contributed by atoms with Crippen molar-refractivity contribution >= 4 is 34.7 Å². The van der Waals surface area contributed by atoms with E-state index < -0.39 is 0 Å². The van der Waals surface area contributed by atoms with Gasteiger partial charge in [-0.25, -0.2) is 0 Å². The average molecular weight is 400 g/mol. The van der Waals surface area contributed by atoms with E-state index in [0.717, 1.165) is 12.8 Å². The molecule has 0 aliphatic heterocycles. The normalized spacial score (nSPS) is 14.3. The summed E-state index contributed by atoms with van der Waals surface area (Å²) in [5.74, 6) is -0.428. The van der Waals surface area contributed by atoms with Crippen LogP contribution in [0, 0.1) is 0 Å². The van der Waals surface area contributed by atoms with Gasteiger partial charge in [-0.2, -0.15) is 0 Å². The number of thiophene rings is 1. The Balaban J connectivity index is 1.41. The topological polar surface area (TPSA) is 87.3 Å². The van der Waals surface area contributed by atoms with Gasteiger partial charge in [0.15, 0.2) is 0 Å². The molecule has 28 heavy (non-hydrogen) atoms. The third kappa shape index (κ3) is 5.92. The van der Waals surface area contributed by atoms with Crippen LogP contribution in [0.15, 0.2) is 41.8 Å². The summed E-state index contributed by atoms with van der Waals surface area (Å²) < 4.78 is 0. The van der Waals surface area contributed by atoms with E-state index in [1.54, 1.807) is 30.3 Å². The van der Waals surface area contributed by atoms with E-state index in [-0.39, 0.29) is 36.7 Å². The summed E-state index contributed by atoms with van der Waals surface area (Å²) in [5.41, 5.74) is 1.22. The van der Waals surface area contributed by atoms with E-state index in [9.17, 15) is 14.4 Å². The first-order valence-electron chi connectivity index (χ1n) is 9.64. The molecular formula is C21H25N3O3S. The molecule has 1 aromatic heterocycles. The van der Waals surface area contributed by atoms with Gasteiger partial charge in [0, 0.05) is 30.3 Å². The fourth-order valence-electron chi connectivity index (χ4n) is 3.23. The summed E-state index contributed by atoms with van der Waals surface area (Å²) >= 11 is 1.36. The standard InChI is InChI=1S/C21H25N3O3S/c25-19(12-13-22-21(27)18-7-4-14-28-18)23-17-10-8-15(9-11-17)20(26)24-16-5-2-1-3-6-16/h4,7-11,14,16H,1-3,5-6,12-13H2,(H,22,27)(H,23,25)(H,24,26). The van der Waals surface area contributed by atoms with Crippen molar-refractivity contribution in [2.45, 2.75) is 44.6 Å². The van der Waals surface area contributed by atoms with E-state index in [1.807, 2.05) is 11.4 Å². The van der Waals surface area contributed by atoms with Gasteiger partial charge in [0.2, 0.25) is 5.91 Å². The summed E-state index contributed by atoms with van der Waals surface area (Å²) in [6, 6.07) is 10.7. The fraction of sp³-hybridized carbons (Fsp3) is 0.381. The van der Waals surface area contributed by atoms with Crippen LogP contribution in [0.4, 0.5) is 5.69 Å². The Morgan fingerprint density at radius 3 is 2.39 bits per heavy atom. The summed E-state index contributed by atoms with van der Waals surface area (Å²) in [4.78, 5) is 36.8. The monoisotopic (exact) mass is 399 g/mol. The fourth-order valence-corrected chi connectivity index (χ4v) is 3.87. The lowest BCUT2D eigenvalue weighted by molar-refractivity contribution is -0.116. The van der Waals surface area contributed by atoms with Crippen LogP contribution >= 0.6 is 11.3 Å². The molecule has 1 fully saturated rings. The van der Waals surface area contributed by atoms with Crippen LogP contribution in [-0.4, -0.2) is 30.3 Å². The molecule has 1 aromatic carbocycles. The SMILES string of the molecule is O=C(CCNC(=O)c1cccs1)Nc1ccc(C(=O)NC2CCCCC2)cc1. The van der Waals surface area contributed by atoms with E-state index in [0.29, 0.717) is 16.1 Å². The van der Waals surface area contributed by atoms with E-state index in [4.69, 9.17) is 0 Å². The van der Waals surface area contributed by atoms with Gasteiger partial charge in [0.05, 0.1) is 4.88 Å². The molecule has 0 spiro atoms. The van der Waals surface area contributed by atoms with Crippen molar-refractivity contribution in [3.63, 3.8) is 0 Å². The minimum Gasteiger partial charge on any atom is -0.351 e. The maximum atomic E-state index is 12.3. The molecule has 1 heterocycles. The molecule has 1 aliphatic carbocycles. The van der Waals surface area contributed by atoms with Crippen LogP contribution in [0.5, 0.6) is 0 Å². The summed E-state index contributed by atoms with van der Waals surface area (Å²) in [5, 5.41) is 10.4. The molecule has 2 aromatic rings. The second-order valence-corrected chi connectivity index (χ2v) is 7.86. The van der Waals surface area contributed by atoms with Crippen LogP contribution in [0.2, 0.25) is 0 Å². The predicted octanol–water partition coefficient (Wildman–Crippen LogP) is 3.57. The van der Waals surface area contributed by atoms with Gasteiger partial charge < -0.3 is 16.0 Å². The number of amides is 3. The molecule has 6 nitrogen and oxygen atoms in total. The zero-order valence-electron chi connectivity index (χ0n) is 15.7. The van der Waals surface area contributed by atoms with Crippen molar-refractivity contribution in [1.82, 2.24) is 10.6 Å².